The number of hydrogen-bond acceptors (Lipinski definition) is 2. The Balaban J connectivity index is 1.68. The largest absolute Gasteiger partial charge is 0.260 e. The SMILES string of the molecule is CC1=C(C2=CCC(c3ccc4c(cnn4C(C)(C)C)c3)=N2)CC=C1. The zero-order valence-electron chi connectivity index (χ0n) is 14.8. The third-order valence-electron chi connectivity index (χ3n) is 4.76. The molecule has 122 valence electrons. The van der Waals surface area contributed by atoms with Crippen LogP contribution in [0.2, 0.25) is 0 Å². The summed E-state index contributed by atoms with van der Waals surface area (Å²) >= 11 is 0. The van der Waals surface area contributed by atoms with Gasteiger partial charge in [-0.15, -0.1) is 0 Å². The first kappa shape index (κ1) is 15.1. The highest BCUT2D eigenvalue weighted by atomic mass is 15.3. The second-order valence-corrected chi connectivity index (χ2v) is 7.62. The van der Waals surface area contributed by atoms with Crippen molar-refractivity contribution in [1.29, 1.82) is 0 Å². The van der Waals surface area contributed by atoms with Gasteiger partial charge in [0.25, 0.3) is 0 Å². The maximum Gasteiger partial charge on any atom is 0.0689 e. The first-order chi connectivity index (χ1) is 11.4. The number of fused-ring (bicyclic) bond motifs is 1. The van der Waals surface area contributed by atoms with E-state index in [1.165, 1.54) is 27.6 Å². The summed E-state index contributed by atoms with van der Waals surface area (Å²) in [5.41, 5.74) is 7.38. The van der Waals surface area contributed by atoms with Crippen LogP contribution in [0, 0.1) is 0 Å². The Bertz CT molecular complexity index is 943. The molecule has 0 atom stereocenters. The minimum atomic E-state index is -0.0116. The van der Waals surface area contributed by atoms with Crippen molar-refractivity contribution < 1.29 is 0 Å². The summed E-state index contributed by atoms with van der Waals surface area (Å²) in [6, 6.07) is 6.56. The van der Waals surface area contributed by atoms with Gasteiger partial charge in [-0.05, 0) is 63.0 Å². The number of hydrogen-bond donors (Lipinski definition) is 0. The van der Waals surface area contributed by atoms with Crippen molar-refractivity contribution in [3.8, 4) is 0 Å². The van der Waals surface area contributed by atoms with Crippen molar-refractivity contribution in [2.24, 2.45) is 4.99 Å². The van der Waals surface area contributed by atoms with Gasteiger partial charge < -0.3 is 0 Å². The zero-order valence-corrected chi connectivity index (χ0v) is 14.8. The molecule has 0 saturated carbocycles. The fraction of sp³-hybridized carbons (Fsp3) is 0.333. The van der Waals surface area contributed by atoms with Crippen LogP contribution in [0.15, 0.2) is 64.5 Å². The molecule has 0 spiro atoms. The molecule has 0 saturated heterocycles. The van der Waals surface area contributed by atoms with Crippen LogP contribution in [-0.2, 0) is 5.54 Å². The Hall–Kier alpha value is -2.42. The molecule has 3 heteroatoms. The molecule has 1 aliphatic carbocycles. The van der Waals surface area contributed by atoms with E-state index in [-0.39, 0.29) is 5.54 Å². The molecular weight excluding hydrogens is 294 g/mol. The Morgan fingerprint density at radius 1 is 1.12 bits per heavy atom. The zero-order chi connectivity index (χ0) is 16.9. The van der Waals surface area contributed by atoms with E-state index in [0.29, 0.717) is 0 Å². The molecule has 2 aromatic rings. The van der Waals surface area contributed by atoms with Gasteiger partial charge in [0.2, 0.25) is 0 Å². The normalized spacial score (nSPS) is 17.8. The molecule has 1 aromatic carbocycles. The predicted octanol–water partition coefficient (Wildman–Crippen LogP) is 5.14. The van der Waals surface area contributed by atoms with Gasteiger partial charge in [-0.25, -0.2) is 0 Å². The third-order valence-corrected chi connectivity index (χ3v) is 4.76. The van der Waals surface area contributed by atoms with Crippen LogP contribution in [0.4, 0.5) is 0 Å². The van der Waals surface area contributed by atoms with Gasteiger partial charge in [-0.2, -0.15) is 5.10 Å². The van der Waals surface area contributed by atoms with Crippen LogP contribution >= 0.6 is 0 Å². The Labute approximate surface area is 143 Å². The van der Waals surface area contributed by atoms with E-state index in [0.717, 1.165) is 24.3 Å². The lowest BCUT2D eigenvalue weighted by Crippen LogP contribution is -2.22. The van der Waals surface area contributed by atoms with Crippen molar-refractivity contribution in [3.63, 3.8) is 0 Å². The molecule has 3 nitrogen and oxygen atoms in total. The van der Waals surface area contributed by atoms with Crippen molar-refractivity contribution in [1.82, 2.24) is 9.78 Å². The third kappa shape index (κ3) is 2.44. The van der Waals surface area contributed by atoms with Gasteiger partial charge >= 0.3 is 0 Å². The lowest BCUT2D eigenvalue weighted by Gasteiger charge is -2.20. The summed E-state index contributed by atoms with van der Waals surface area (Å²) in [6.07, 6.45) is 10.5. The van der Waals surface area contributed by atoms with Crippen LogP contribution in [-0.4, -0.2) is 15.5 Å². The number of nitrogens with zero attached hydrogens (tertiary/aromatic N) is 3. The van der Waals surface area contributed by atoms with E-state index >= 15 is 0 Å². The number of aliphatic imine (C=N–C) groups is 1. The van der Waals surface area contributed by atoms with Gasteiger partial charge in [0.15, 0.2) is 0 Å². The smallest absolute Gasteiger partial charge is 0.0689 e. The fourth-order valence-electron chi connectivity index (χ4n) is 3.47. The Morgan fingerprint density at radius 3 is 2.67 bits per heavy atom. The van der Waals surface area contributed by atoms with Gasteiger partial charge in [0.05, 0.1) is 28.7 Å². The number of allylic oxidation sites excluding steroid dienone is 5. The summed E-state index contributed by atoms with van der Waals surface area (Å²) in [5.74, 6) is 0. The molecule has 0 bridgehead atoms. The molecular formula is C21H23N3. The van der Waals surface area contributed by atoms with Crippen LogP contribution in [0.5, 0.6) is 0 Å². The first-order valence-corrected chi connectivity index (χ1v) is 8.56. The summed E-state index contributed by atoms with van der Waals surface area (Å²) < 4.78 is 2.09. The minimum Gasteiger partial charge on any atom is -0.260 e. The molecule has 0 N–H and O–H groups in total. The predicted molar refractivity (Wildman–Crippen MR) is 100 cm³/mol. The van der Waals surface area contributed by atoms with Crippen LogP contribution in [0.1, 0.15) is 46.1 Å². The summed E-state index contributed by atoms with van der Waals surface area (Å²) in [7, 11) is 0. The highest BCUT2D eigenvalue weighted by Crippen LogP contribution is 2.31. The van der Waals surface area contributed by atoms with Crippen molar-refractivity contribution in [2.45, 2.75) is 46.1 Å². The molecule has 2 heterocycles. The second kappa shape index (κ2) is 5.30. The molecule has 0 fully saturated rings. The van der Waals surface area contributed by atoms with E-state index in [1.54, 1.807) is 0 Å². The summed E-state index contributed by atoms with van der Waals surface area (Å²) in [6.45, 7) is 8.70. The molecule has 1 aliphatic heterocycles. The number of rotatable bonds is 2. The first-order valence-electron chi connectivity index (χ1n) is 8.56. The van der Waals surface area contributed by atoms with Crippen molar-refractivity contribution in [2.75, 3.05) is 0 Å². The second-order valence-electron chi connectivity index (χ2n) is 7.62. The van der Waals surface area contributed by atoms with E-state index in [1.807, 2.05) is 6.20 Å². The highest BCUT2D eigenvalue weighted by Gasteiger charge is 2.19. The average molecular weight is 317 g/mol. The Morgan fingerprint density at radius 2 is 1.96 bits per heavy atom. The number of benzene rings is 1. The number of aromatic nitrogens is 2. The minimum absolute atomic E-state index is 0.0116. The maximum absolute atomic E-state index is 4.91. The van der Waals surface area contributed by atoms with Crippen molar-refractivity contribution >= 4 is 16.6 Å². The monoisotopic (exact) mass is 317 g/mol. The maximum atomic E-state index is 4.91. The molecule has 0 amide bonds. The van der Waals surface area contributed by atoms with Gasteiger partial charge in [0.1, 0.15) is 0 Å². The summed E-state index contributed by atoms with van der Waals surface area (Å²) in [4.78, 5) is 4.91. The fourth-order valence-corrected chi connectivity index (χ4v) is 3.47. The summed E-state index contributed by atoms with van der Waals surface area (Å²) in [5, 5.41) is 5.75. The molecule has 0 unspecified atom stereocenters. The van der Waals surface area contributed by atoms with E-state index in [4.69, 9.17) is 4.99 Å². The van der Waals surface area contributed by atoms with Crippen LogP contribution in [0.25, 0.3) is 10.9 Å². The van der Waals surface area contributed by atoms with E-state index in [9.17, 15) is 0 Å². The molecule has 2 aliphatic rings. The molecule has 4 rings (SSSR count). The van der Waals surface area contributed by atoms with E-state index in [2.05, 4.69) is 73.9 Å². The molecule has 1 aromatic heterocycles. The van der Waals surface area contributed by atoms with Gasteiger partial charge in [-0.1, -0.05) is 24.3 Å². The Kier molecular flexibility index (Phi) is 3.34. The van der Waals surface area contributed by atoms with Crippen molar-refractivity contribution in [3.05, 3.63) is 65.0 Å². The standard InChI is InChI=1S/C21H23N3/c1-14-6-5-7-17(14)19-10-9-18(23-19)15-8-11-20-16(12-15)13-22-24(20)21(2,3)4/h5-6,8,10-13H,7,9H2,1-4H3. The van der Waals surface area contributed by atoms with Gasteiger partial charge in [0, 0.05) is 11.8 Å². The van der Waals surface area contributed by atoms with Crippen LogP contribution < -0.4 is 0 Å². The molecule has 0 radical (unpaired) electrons. The van der Waals surface area contributed by atoms with E-state index < -0.39 is 0 Å². The molecule has 24 heavy (non-hydrogen) atoms. The lowest BCUT2D eigenvalue weighted by atomic mass is 10.0. The lowest BCUT2D eigenvalue weighted by molar-refractivity contribution is 0.368. The average Bonchev–Trinajstić information content (AvgIpc) is 3.23. The quantitative estimate of drug-likeness (QED) is 0.754. The highest BCUT2D eigenvalue weighted by molar-refractivity contribution is 6.06. The van der Waals surface area contributed by atoms with Gasteiger partial charge in [-0.3, -0.25) is 9.67 Å². The topological polar surface area (TPSA) is 30.2 Å². The van der Waals surface area contributed by atoms with Crippen LogP contribution in [0.3, 0.4) is 0 Å².